The van der Waals surface area contributed by atoms with Crippen LogP contribution in [0.25, 0.3) is 0 Å². The zero-order valence-corrected chi connectivity index (χ0v) is 15.0. The fraction of sp³-hybridized carbons (Fsp3) is 0.667. The molecule has 2 aliphatic heterocycles. The van der Waals surface area contributed by atoms with Crippen LogP contribution in [0, 0.1) is 0 Å². The van der Waals surface area contributed by atoms with E-state index < -0.39 is 0 Å². The average Bonchev–Trinajstić information content (AvgIpc) is 2.59. The minimum atomic E-state index is -0.153. The molecule has 6 nitrogen and oxygen atoms in total. The second-order valence-electron chi connectivity index (χ2n) is 7.20. The summed E-state index contributed by atoms with van der Waals surface area (Å²) in [6.07, 6.45) is 3.03. The Morgan fingerprint density at radius 2 is 1.88 bits per heavy atom. The van der Waals surface area contributed by atoms with Crippen molar-refractivity contribution in [1.82, 2.24) is 15.1 Å². The molecule has 0 radical (unpaired) electrons. The maximum atomic E-state index is 6.71. The Labute approximate surface area is 145 Å². The minimum Gasteiger partial charge on any atom is -0.343 e. The number of hydrogen-bond donors (Lipinski definition) is 3. The molecule has 24 heavy (non-hydrogen) atoms. The molecule has 2 heterocycles. The van der Waals surface area contributed by atoms with Crippen LogP contribution in [-0.2, 0) is 0 Å². The van der Waals surface area contributed by atoms with Gasteiger partial charge in [0.15, 0.2) is 0 Å². The lowest BCUT2D eigenvalue weighted by Gasteiger charge is -2.51. The van der Waals surface area contributed by atoms with E-state index in [4.69, 9.17) is 11.5 Å². The topological polar surface area (TPSA) is 73.8 Å². The lowest BCUT2D eigenvalue weighted by Crippen LogP contribution is -2.64. The second-order valence-corrected chi connectivity index (χ2v) is 7.20. The number of fused-ring (bicyclic) bond motifs is 1. The number of anilines is 1. The summed E-state index contributed by atoms with van der Waals surface area (Å²) >= 11 is 0. The average molecular weight is 332 g/mol. The van der Waals surface area contributed by atoms with E-state index in [0.29, 0.717) is 6.04 Å². The van der Waals surface area contributed by atoms with Crippen molar-refractivity contribution in [3.05, 3.63) is 29.8 Å². The molecule has 1 aromatic rings. The van der Waals surface area contributed by atoms with Gasteiger partial charge in [0.25, 0.3) is 0 Å². The third kappa shape index (κ3) is 3.58. The van der Waals surface area contributed by atoms with Crippen molar-refractivity contribution in [2.45, 2.75) is 37.8 Å². The van der Waals surface area contributed by atoms with E-state index >= 15 is 0 Å². The molecule has 0 aromatic heterocycles. The van der Waals surface area contributed by atoms with Gasteiger partial charge in [-0.05, 0) is 59.1 Å². The molecule has 2 aliphatic rings. The molecule has 0 spiro atoms. The maximum absolute atomic E-state index is 6.71. The highest BCUT2D eigenvalue weighted by Gasteiger charge is 2.39. The molecule has 134 valence electrons. The molecule has 0 amide bonds. The van der Waals surface area contributed by atoms with Gasteiger partial charge in [-0.3, -0.25) is 5.73 Å². The van der Waals surface area contributed by atoms with Crippen LogP contribution in [0.2, 0.25) is 0 Å². The third-order valence-electron chi connectivity index (χ3n) is 5.25. The summed E-state index contributed by atoms with van der Waals surface area (Å²) < 4.78 is 0. The van der Waals surface area contributed by atoms with Gasteiger partial charge in [-0.25, -0.2) is 4.90 Å². The molecular formula is C18H32N6. The van der Waals surface area contributed by atoms with E-state index in [0.717, 1.165) is 45.4 Å². The highest BCUT2D eigenvalue weighted by Crippen LogP contribution is 2.37. The highest BCUT2D eigenvalue weighted by atomic mass is 15.5. The first kappa shape index (κ1) is 17.6. The lowest BCUT2D eigenvalue weighted by atomic mass is 9.98. The maximum Gasteiger partial charge on any atom is 0.136 e. The Morgan fingerprint density at radius 1 is 1.17 bits per heavy atom. The van der Waals surface area contributed by atoms with Gasteiger partial charge < -0.3 is 20.9 Å². The number of hydrogen-bond acceptors (Lipinski definition) is 6. The van der Waals surface area contributed by atoms with Gasteiger partial charge in [-0.15, -0.1) is 0 Å². The van der Waals surface area contributed by atoms with E-state index in [1.54, 1.807) is 0 Å². The van der Waals surface area contributed by atoms with Crippen molar-refractivity contribution in [3.8, 4) is 0 Å². The highest BCUT2D eigenvalue weighted by molar-refractivity contribution is 5.57. The standard InChI is InChI=1S/C18H32N6/c1-22(2)12-5-13-23-16-7-4-3-6-15(16)17(19)24(18(23)20)14-8-10-21-11-9-14/h3-4,6-7,14,17-18,21H,5,8-13,19-20H2,1-2H3. The molecule has 3 rings (SSSR count). The van der Waals surface area contributed by atoms with E-state index in [1.165, 1.54) is 11.3 Å². The van der Waals surface area contributed by atoms with Crippen molar-refractivity contribution in [2.75, 3.05) is 45.2 Å². The van der Waals surface area contributed by atoms with Crippen LogP contribution in [0.5, 0.6) is 0 Å². The number of benzene rings is 1. The minimum absolute atomic E-state index is 0.121. The van der Waals surface area contributed by atoms with Crippen molar-refractivity contribution in [1.29, 1.82) is 0 Å². The number of nitrogens with zero attached hydrogens (tertiary/aromatic N) is 3. The Hall–Kier alpha value is -1.18. The molecule has 1 saturated heterocycles. The normalized spacial score (nSPS) is 26.0. The number of rotatable bonds is 5. The van der Waals surface area contributed by atoms with Crippen LogP contribution in [0.3, 0.4) is 0 Å². The first-order valence-electron chi connectivity index (χ1n) is 9.09. The number of nitrogens with two attached hydrogens (primary N) is 2. The molecule has 5 N–H and O–H groups in total. The molecule has 2 atom stereocenters. The Balaban J connectivity index is 1.84. The van der Waals surface area contributed by atoms with Crippen molar-refractivity contribution >= 4 is 5.69 Å². The third-order valence-corrected chi connectivity index (χ3v) is 5.25. The van der Waals surface area contributed by atoms with E-state index in [2.05, 4.69) is 58.4 Å². The second kappa shape index (κ2) is 7.80. The number of piperidine rings is 1. The Kier molecular flexibility index (Phi) is 5.73. The van der Waals surface area contributed by atoms with Crippen molar-refractivity contribution in [3.63, 3.8) is 0 Å². The Bertz CT molecular complexity index is 528. The van der Waals surface area contributed by atoms with E-state index in [1.807, 2.05) is 0 Å². The summed E-state index contributed by atoms with van der Waals surface area (Å²) in [4.78, 5) is 6.89. The number of para-hydroxylation sites is 1. The molecule has 2 unspecified atom stereocenters. The number of nitrogens with one attached hydrogen (secondary N) is 1. The summed E-state index contributed by atoms with van der Waals surface area (Å²) in [6, 6.07) is 8.91. The van der Waals surface area contributed by atoms with Crippen LogP contribution in [-0.4, -0.2) is 62.4 Å². The van der Waals surface area contributed by atoms with Gasteiger partial charge in [0.05, 0.1) is 6.17 Å². The molecule has 0 aliphatic carbocycles. The first-order valence-corrected chi connectivity index (χ1v) is 9.09. The summed E-state index contributed by atoms with van der Waals surface area (Å²) in [7, 11) is 4.22. The fourth-order valence-electron chi connectivity index (χ4n) is 3.99. The summed E-state index contributed by atoms with van der Waals surface area (Å²) in [6.45, 7) is 4.10. The zero-order valence-electron chi connectivity index (χ0n) is 15.0. The van der Waals surface area contributed by atoms with E-state index in [-0.39, 0.29) is 12.5 Å². The van der Waals surface area contributed by atoms with Crippen LogP contribution in [0.1, 0.15) is 31.0 Å². The van der Waals surface area contributed by atoms with E-state index in [9.17, 15) is 0 Å². The van der Waals surface area contributed by atoms with Gasteiger partial charge >= 0.3 is 0 Å². The smallest absolute Gasteiger partial charge is 0.136 e. The van der Waals surface area contributed by atoms with Gasteiger partial charge in [-0.2, -0.15) is 0 Å². The zero-order chi connectivity index (χ0) is 17.1. The molecule has 1 aromatic carbocycles. The summed E-state index contributed by atoms with van der Waals surface area (Å²) in [5.41, 5.74) is 15.7. The van der Waals surface area contributed by atoms with Gasteiger partial charge in [0, 0.05) is 23.8 Å². The van der Waals surface area contributed by atoms with Crippen LogP contribution < -0.4 is 21.7 Å². The lowest BCUT2D eigenvalue weighted by molar-refractivity contribution is 0.0520. The van der Waals surface area contributed by atoms with Gasteiger partial charge in [-0.1, -0.05) is 18.2 Å². The predicted molar refractivity (Wildman–Crippen MR) is 99.6 cm³/mol. The quantitative estimate of drug-likeness (QED) is 0.738. The molecule has 0 saturated carbocycles. The predicted octanol–water partition coefficient (Wildman–Crippen LogP) is 0.712. The Morgan fingerprint density at radius 3 is 2.58 bits per heavy atom. The molecule has 6 heteroatoms. The first-order chi connectivity index (χ1) is 11.6. The van der Waals surface area contributed by atoms with Crippen LogP contribution >= 0.6 is 0 Å². The van der Waals surface area contributed by atoms with Gasteiger partial charge in [0.1, 0.15) is 6.29 Å². The molecule has 1 fully saturated rings. The summed E-state index contributed by atoms with van der Waals surface area (Å²) in [5.74, 6) is 0. The molecule has 0 bridgehead atoms. The van der Waals surface area contributed by atoms with Crippen molar-refractivity contribution < 1.29 is 0 Å². The largest absolute Gasteiger partial charge is 0.343 e. The monoisotopic (exact) mass is 332 g/mol. The molecular weight excluding hydrogens is 300 g/mol. The summed E-state index contributed by atoms with van der Waals surface area (Å²) in [5, 5.41) is 3.43. The fourth-order valence-corrected chi connectivity index (χ4v) is 3.99. The van der Waals surface area contributed by atoms with Crippen LogP contribution in [0.15, 0.2) is 24.3 Å². The van der Waals surface area contributed by atoms with Crippen LogP contribution in [0.4, 0.5) is 5.69 Å². The SMILES string of the molecule is CN(C)CCCN1c2ccccc2C(N)N(C2CCNCC2)C1N. The van der Waals surface area contributed by atoms with Crippen molar-refractivity contribution in [2.24, 2.45) is 11.5 Å². The van der Waals surface area contributed by atoms with Gasteiger partial charge in [0.2, 0.25) is 0 Å².